The van der Waals surface area contributed by atoms with Crippen molar-refractivity contribution in [2.24, 2.45) is 5.92 Å². The van der Waals surface area contributed by atoms with Crippen LogP contribution < -0.4 is 5.32 Å². The van der Waals surface area contributed by atoms with Gasteiger partial charge in [-0.3, -0.25) is 0 Å². The van der Waals surface area contributed by atoms with Crippen LogP contribution >= 0.6 is 23.4 Å². The van der Waals surface area contributed by atoms with Crippen LogP contribution in [0.3, 0.4) is 0 Å². The van der Waals surface area contributed by atoms with E-state index in [9.17, 15) is 0 Å². The molecule has 0 radical (unpaired) electrons. The fourth-order valence-electron chi connectivity index (χ4n) is 2.53. The molecule has 94 valence electrons. The van der Waals surface area contributed by atoms with E-state index in [0.29, 0.717) is 6.04 Å². The number of hydrogen-bond donors (Lipinski definition) is 1. The van der Waals surface area contributed by atoms with Crippen LogP contribution in [0.2, 0.25) is 5.02 Å². The van der Waals surface area contributed by atoms with Gasteiger partial charge in [-0.2, -0.15) is 0 Å². The Kier molecular flexibility index (Phi) is 4.78. The van der Waals surface area contributed by atoms with Crippen molar-refractivity contribution in [3.63, 3.8) is 0 Å². The minimum absolute atomic E-state index is 0.699. The van der Waals surface area contributed by atoms with Gasteiger partial charge in [0.1, 0.15) is 0 Å². The van der Waals surface area contributed by atoms with Crippen molar-refractivity contribution in [2.45, 2.75) is 42.9 Å². The van der Waals surface area contributed by atoms with Gasteiger partial charge in [-0.1, -0.05) is 25.4 Å². The van der Waals surface area contributed by atoms with Crippen LogP contribution in [0.15, 0.2) is 29.2 Å². The van der Waals surface area contributed by atoms with Gasteiger partial charge < -0.3 is 5.32 Å². The van der Waals surface area contributed by atoms with Gasteiger partial charge in [-0.15, -0.1) is 11.8 Å². The average molecular weight is 270 g/mol. The molecule has 3 heteroatoms. The lowest BCUT2D eigenvalue weighted by Crippen LogP contribution is -2.32. The maximum atomic E-state index is 5.90. The van der Waals surface area contributed by atoms with Crippen LogP contribution in [0.25, 0.3) is 0 Å². The van der Waals surface area contributed by atoms with Crippen molar-refractivity contribution in [1.82, 2.24) is 5.32 Å². The van der Waals surface area contributed by atoms with E-state index in [2.05, 4.69) is 31.3 Å². The predicted molar refractivity (Wildman–Crippen MR) is 77.0 cm³/mol. The van der Waals surface area contributed by atoms with E-state index in [1.165, 1.54) is 17.7 Å². The summed E-state index contributed by atoms with van der Waals surface area (Å²) in [6.45, 7) is 5.63. The van der Waals surface area contributed by atoms with Crippen molar-refractivity contribution in [3.05, 3.63) is 29.3 Å². The van der Waals surface area contributed by atoms with Crippen LogP contribution in [0.4, 0.5) is 0 Å². The predicted octanol–water partition coefficient (Wildman–Crippen LogP) is 4.21. The highest BCUT2D eigenvalue weighted by Gasteiger charge is 2.32. The highest BCUT2D eigenvalue weighted by molar-refractivity contribution is 8.00. The molecule has 1 fully saturated rings. The molecule has 1 aliphatic carbocycles. The van der Waals surface area contributed by atoms with Gasteiger partial charge in [0.25, 0.3) is 0 Å². The summed E-state index contributed by atoms with van der Waals surface area (Å²) < 4.78 is 0. The molecule has 1 aromatic rings. The van der Waals surface area contributed by atoms with Crippen molar-refractivity contribution in [3.8, 4) is 0 Å². The van der Waals surface area contributed by atoms with Crippen LogP contribution in [0.1, 0.15) is 26.7 Å². The highest BCUT2D eigenvalue weighted by atomic mass is 35.5. The smallest absolute Gasteiger partial charge is 0.0406 e. The Bertz CT molecular complexity index is 352. The Hall–Kier alpha value is -0.180. The van der Waals surface area contributed by atoms with Gasteiger partial charge in [0.05, 0.1) is 0 Å². The summed E-state index contributed by atoms with van der Waals surface area (Å²) in [6.07, 6.45) is 2.62. The molecule has 1 aromatic carbocycles. The van der Waals surface area contributed by atoms with E-state index < -0.39 is 0 Å². The van der Waals surface area contributed by atoms with Crippen molar-refractivity contribution in [2.75, 3.05) is 6.54 Å². The number of rotatable bonds is 4. The number of hydrogen-bond acceptors (Lipinski definition) is 2. The van der Waals surface area contributed by atoms with E-state index in [-0.39, 0.29) is 0 Å². The van der Waals surface area contributed by atoms with Gasteiger partial charge >= 0.3 is 0 Å². The summed E-state index contributed by atoms with van der Waals surface area (Å²) in [4.78, 5) is 1.34. The molecule has 0 spiro atoms. The lowest BCUT2D eigenvalue weighted by atomic mass is 10.1. The second-order valence-electron chi connectivity index (χ2n) is 4.71. The SMILES string of the molecule is CCNC1CCC(Sc2ccc(Cl)cc2)C1C. The molecule has 2 rings (SSSR count). The highest BCUT2D eigenvalue weighted by Crippen LogP contribution is 2.39. The molecule has 17 heavy (non-hydrogen) atoms. The number of halogens is 1. The average Bonchev–Trinajstić information content (AvgIpc) is 2.65. The molecule has 3 atom stereocenters. The van der Waals surface area contributed by atoms with E-state index in [1.54, 1.807) is 0 Å². The summed E-state index contributed by atoms with van der Waals surface area (Å²) in [7, 11) is 0. The lowest BCUT2D eigenvalue weighted by Gasteiger charge is -2.21. The first kappa shape index (κ1) is 13.3. The van der Waals surface area contributed by atoms with Crippen LogP contribution in [-0.2, 0) is 0 Å². The largest absolute Gasteiger partial charge is 0.314 e. The third-order valence-electron chi connectivity index (χ3n) is 3.55. The molecule has 1 nitrogen and oxygen atoms in total. The molecule has 0 bridgehead atoms. The quantitative estimate of drug-likeness (QED) is 0.879. The first-order chi connectivity index (χ1) is 8.20. The van der Waals surface area contributed by atoms with Crippen molar-refractivity contribution < 1.29 is 0 Å². The first-order valence-electron chi connectivity index (χ1n) is 6.36. The van der Waals surface area contributed by atoms with Crippen LogP contribution in [0.5, 0.6) is 0 Å². The molecular weight excluding hydrogens is 250 g/mol. The molecule has 3 unspecified atom stereocenters. The zero-order chi connectivity index (χ0) is 12.3. The first-order valence-corrected chi connectivity index (χ1v) is 7.62. The van der Waals surface area contributed by atoms with Gasteiger partial charge in [0, 0.05) is 21.2 Å². The van der Waals surface area contributed by atoms with E-state index in [4.69, 9.17) is 11.6 Å². The van der Waals surface area contributed by atoms with Gasteiger partial charge in [-0.05, 0) is 49.6 Å². The minimum atomic E-state index is 0.699. The fourth-order valence-corrected chi connectivity index (χ4v) is 3.96. The maximum Gasteiger partial charge on any atom is 0.0406 e. The van der Waals surface area contributed by atoms with E-state index in [0.717, 1.165) is 22.7 Å². The third kappa shape index (κ3) is 3.40. The van der Waals surface area contributed by atoms with E-state index in [1.807, 2.05) is 23.9 Å². The summed E-state index contributed by atoms with van der Waals surface area (Å²) in [5, 5.41) is 5.14. The zero-order valence-corrected chi connectivity index (χ0v) is 12.0. The molecule has 1 aliphatic rings. The fraction of sp³-hybridized carbons (Fsp3) is 0.571. The molecule has 0 saturated heterocycles. The second kappa shape index (κ2) is 6.12. The zero-order valence-electron chi connectivity index (χ0n) is 10.4. The topological polar surface area (TPSA) is 12.0 Å². The van der Waals surface area contributed by atoms with Crippen LogP contribution in [-0.4, -0.2) is 17.8 Å². The maximum absolute atomic E-state index is 5.90. The van der Waals surface area contributed by atoms with Crippen molar-refractivity contribution >= 4 is 23.4 Å². The van der Waals surface area contributed by atoms with E-state index >= 15 is 0 Å². The second-order valence-corrected chi connectivity index (χ2v) is 6.46. The molecule has 1 saturated carbocycles. The Morgan fingerprint density at radius 1 is 1.29 bits per heavy atom. The Morgan fingerprint density at radius 2 is 2.00 bits per heavy atom. The Balaban J connectivity index is 1.94. The number of nitrogens with one attached hydrogen (secondary N) is 1. The molecule has 0 heterocycles. The molecule has 0 amide bonds. The van der Waals surface area contributed by atoms with Crippen LogP contribution in [0, 0.1) is 5.92 Å². The lowest BCUT2D eigenvalue weighted by molar-refractivity contribution is 0.441. The summed E-state index contributed by atoms with van der Waals surface area (Å²) in [5.74, 6) is 0.746. The van der Waals surface area contributed by atoms with Crippen molar-refractivity contribution in [1.29, 1.82) is 0 Å². The summed E-state index contributed by atoms with van der Waals surface area (Å²) in [6, 6.07) is 8.90. The van der Waals surface area contributed by atoms with Gasteiger partial charge in [0.2, 0.25) is 0 Å². The summed E-state index contributed by atoms with van der Waals surface area (Å²) >= 11 is 7.90. The number of thioether (sulfide) groups is 1. The normalized spacial score (nSPS) is 28.5. The molecule has 0 aromatic heterocycles. The van der Waals surface area contributed by atoms with Gasteiger partial charge in [-0.25, -0.2) is 0 Å². The number of benzene rings is 1. The molecule has 0 aliphatic heterocycles. The standard InChI is InChI=1S/C14H20ClNS/c1-3-16-13-8-9-14(10(13)2)17-12-6-4-11(15)5-7-12/h4-7,10,13-14,16H,3,8-9H2,1-2H3. The minimum Gasteiger partial charge on any atom is -0.314 e. The summed E-state index contributed by atoms with van der Waals surface area (Å²) in [5.41, 5.74) is 0. The molecular formula is C14H20ClNS. The van der Waals surface area contributed by atoms with Gasteiger partial charge in [0.15, 0.2) is 0 Å². The Morgan fingerprint density at radius 3 is 2.65 bits per heavy atom. The Labute approximate surface area is 113 Å². The third-order valence-corrected chi connectivity index (χ3v) is 5.31. The monoisotopic (exact) mass is 269 g/mol. The molecule has 1 N–H and O–H groups in total.